The molecule has 0 amide bonds. The van der Waals surface area contributed by atoms with Gasteiger partial charge >= 0.3 is 0 Å². The van der Waals surface area contributed by atoms with Crippen molar-refractivity contribution >= 4 is 10.8 Å². The fourth-order valence-electron chi connectivity index (χ4n) is 2.05. The van der Waals surface area contributed by atoms with Crippen LogP contribution in [0.1, 0.15) is 33.1 Å². The SMILES string of the molecule is CC(CC1CCOCC1)NCC(C)S(C)=O. The fourth-order valence-corrected chi connectivity index (χ4v) is 2.38. The van der Waals surface area contributed by atoms with Crippen molar-refractivity contribution in [3.63, 3.8) is 0 Å². The van der Waals surface area contributed by atoms with Gasteiger partial charge in [-0.2, -0.15) is 0 Å². The number of hydrogen-bond acceptors (Lipinski definition) is 3. The van der Waals surface area contributed by atoms with Gasteiger partial charge in [0.25, 0.3) is 0 Å². The molecule has 4 heteroatoms. The molecule has 1 fully saturated rings. The Balaban J connectivity index is 2.14. The normalized spacial score (nSPS) is 23.9. The Morgan fingerprint density at radius 2 is 2.00 bits per heavy atom. The summed E-state index contributed by atoms with van der Waals surface area (Å²) in [5.74, 6) is 0.804. The average Bonchev–Trinajstić information content (AvgIpc) is 2.27. The standard InChI is InChI=1S/C12H25NO2S/c1-10(13-9-11(2)16(3)14)8-12-4-6-15-7-5-12/h10-13H,4-9H2,1-3H3. The van der Waals surface area contributed by atoms with Gasteiger partial charge in [0.2, 0.25) is 0 Å². The summed E-state index contributed by atoms with van der Waals surface area (Å²) in [6.07, 6.45) is 5.38. The molecule has 3 atom stereocenters. The summed E-state index contributed by atoms with van der Waals surface area (Å²) in [6.45, 7) is 6.96. The van der Waals surface area contributed by atoms with Crippen molar-refractivity contribution in [1.82, 2.24) is 5.32 Å². The van der Waals surface area contributed by atoms with Crippen LogP contribution in [0.15, 0.2) is 0 Å². The van der Waals surface area contributed by atoms with Crippen LogP contribution < -0.4 is 5.32 Å². The van der Waals surface area contributed by atoms with Gasteiger partial charge in [0.1, 0.15) is 0 Å². The molecule has 3 unspecified atom stereocenters. The monoisotopic (exact) mass is 247 g/mol. The van der Waals surface area contributed by atoms with E-state index in [1.54, 1.807) is 6.26 Å². The third-order valence-corrected chi connectivity index (χ3v) is 4.65. The number of rotatable bonds is 6. The highest BCUT2D eigenvalue weighted by Gasteiger charge is 2.17. The van der Waals surface area contributed by atoms with Crippen molar-refractivity contribution in [2.75, 3.05) is 26.0 Å². The summed E-state index contributed by atoms with van der Waals surface area (Å²) < 4.78 is 16.6. The molecule has 0 aromatic carbocycles. The molecule has 0 aliphatic carbocycles. The third kappa shape index (κ3) is 5.41. The van der Waals surface area contributed by atoms with Crippen LogP contribution in [0, 0.1) is 5.92 Å². The molecule has 3 nitrogen and oxygen atoms in total. The van der Waals surface area contributed by atoms with Crippen LogP contribution in [-0.2, 0) is 15.5 Å². The van der Waals surface area contributed by atoms with E-state index in [-0.39, 0.29) is 5.25 Å². The van der Waals surface area contributed by atoms with Crippen molar-refractivity contribution in [3.8, 4) is 0 Å². The zero-order valence-electron chi connectivity index (χ0n) is 10.7. The minimum absolute atomic E-state index is 0.247. The molecule has 0 aromatic rings. The first kappa shape index (κ1) is 14.1. The lowest BCUT2D eigenvalue weighted by Gasteiger charge is -2.26. The quantitative estimate of drug-likeness (QED) is 0.774. The van der Waals surface area contributed by atoms with Crippen LogP contribution in [0.3, 0.4) is 0 Å². The van der Waals surface area contributed by atoms with Gasteiger partial charge in [-0.25, -0.2) is 0 Å². The maximum Gasteiger partial charge on any atom is 0.0468 e. The molecule has 96 valence electrons. The Kier molecular flexibility index (Phi) is 6.54. The molecule has 0 aromatic heterocycles. The zero-order valence-corrected chi connectivity index (χ0v) is 11.5. The average molecular weight is 247 g/mol. The number of ether oxygens (including phenoxy) is 1. The van der Waals surface area contributed by atoms with E-state index >= 15 is 0 Å². The minimum Gasteiger partial charge on any atom is -0.381 e. The molecule has 16 heavy (non-hydrogen) atoms. The molecule has 1 saturated heterocycles. The molecule has 0 radical (unpaired) electrons. The molecule has 0 spiro atoms. The highest BCUT2D eigenvalue weighted by Crippen LogP contribution is 2.19. The summed E-state index contributed by atoms with van der Waals surface area (Å²) in [5, 5.41) is 3.72. The van der Waals surface area contributed by atoms with Crippen LogP contribution in [0.25, 0.3) is 0 Å². The maximum atomic E-state index is 11.2. The van der Waals surface area contributed by atoms with E-state index in [4.69, 9.17) is 4.74 Å². The Morgan fingerprint density at radius 3 is 2.56 bits per heavy atom. The fraction of sp³-hybridized carbons (Fsp3) is 1.00. The van der Waals surface area contributed by atoms with E-state index in [9.17, 15) is 4.21 Å². The van der Waals surface area contributed by atoms with Gasteiger partial charge in [0, 0.05) is 48.1 Å². The van der Waals surface area contributed by atoms with E-state index in [1.807, 2.05) is 6.92 Å². The molecular formula is C12H25NO2S. The van der Waals surface area contributed by atoms with Gasteiger partial charge in [-0.05, 0) is 39.0 Å². The lowest BCUT2D eigenvalue weighted by atomic mass is 9.93. The molecule has 0 bridgehead atoms. The van der Waals surface area contributed by atoms with Gasteiger partial charge in [0.05, 0.1) is 0 Å². The van der Waals surface area contributed by atoms with E-state index < -0.39 is 10.8 Å². The molecular weight excluding hydrogens is 222 g/mol. The Morgan fingerprint density at radius 1 is 1.38 bits per heavy atom. The largest absolute Gasteiger partial charge is 0.381 e. The van der Waals surface area contributed by atoms with Gasteiger partial charge in [-0.1, -0.05) is 0 Å². The number of nitrogens with one attached hydrogen (secondary N) is 1. The summed E-state index contributed by atoms with van der Waals surface area (Å²) in [6, 6.07) is 0.522. The van der Waals surface area contributed by atoms with Gasteiger partial charge in [-0.15, -0.1) is 0 Å². The van der Waals surface area contributed by atoms with Crippen molar-refractivity contribution < 1.29 is 8.95 Å². The third-order valence-electron chi connectivity index (χ3n) is 3.35. The molecule has 0 saturated carbocycles. The molecule has 1 rings (SSSR count). The highest BCUT2D eigenvalue weighted by molar-refractivity contribution is 7.84. The predicted octanol–water partition coefficient (Wildman–Crippen LogP) is 1.55. The Hall–Kier alpha value is 0.0700. The van der Waals surface area contributed by atoms with Crippen molar-refractivity contribution in [2.24, 2.45) is 5.92 Å². The van der Waals surface area contributed by atoms with Gasteiger partial charge in [0.15, 0.2) is 0 Å². The second kappa shape index (κ2) is 7.41. The molecule has 1 aliphatic heterocycles. The lowest BCUT2D eigenvalue weighted by Crippen LogP contribution is -2.36. The summed E-state index contributed by atoms with van der Waals surface area (Å²) in [7, 11) is -0.716. The Labute approximate surface area is 102 Å². The first-order valence-electron chi connectivity index (χ1n) is 6.23. The van der Waals surface area contributed by atoms with Crippen molar-refractivity contribution in [2.45, 2.75) is 44.4 Å². The van der Waals surface area contributed by atoms with Gasteiger partial charge in [-0.3, -0.25) is 4.21 Å². The van der Waals surface area contributed by atoms with E-state index in [0.717, 1.165) is 25.7 Å². The zero-order chi connectivity index (χ0) is 12.0. The van der Waals surface area contributed by atoms with Gasteiger partial charge < -0.3 is 10.1 Å². The topological polar surface area (TPSA) is 38.3 Å². The second-order valence-electron chi connectivity index (χ2n) is 4.91. The summed E-state index contributed by atoms with van der Waals surface area (Å²) in [4.78, 5) is 0. The van der Waals surface area contributed by atoms with E-state index in [0.29, 0.717) is 6.04 Å². The molecule has 1 N–H and O–H groups in total. The van der Waals surface area contributed by atoms with E-state index in [2.05, 4.69) is 12.2 Å². The second-order valence-corrected chi connectivity index (χ2v) is 6.71. The van der Waals surface area contributed by atoms with Crippen molar-refractivity contribution in [3.05, 3.63) is 0 Å². The predicted molar refractivity (Wildman–Crippen MR) is 69.2 cm³/mol. The summed E-state index contributed by atoms with van der Waals surface area (Å²) in [5.41, 5.74) is 0. The van der Waals surface area contributed by atoms with Crippen LogP contribution in [0.4, 0.5) is 0 Å². The first-order valence-corrected chi connectivity index (χ1v) is 7.85. The minimum atomic E-state index is -0.716. The highest BCUT2D eigenvalue weighted by atomic mass is 32.2. The Bertz CT molecular complexity index is 217. The maximum absolute atomic E-state index is 11.2. The lowest BCUT2D eigenvalue weighted by molar-refractivity contribution is 0.0612. The van der Waals surface area contributed by atoms with Crippen LogP contribution in [-0.4, -0.2) is 41.5 Å². The van der Waals surface area contributed by atoms with Crippen LogP contribution in [0.5, 0.6) is 0 Å². The summed E-state index contributed by atoms with van der Waals surface area (Å²) >= 11 is 0. The van der Waals surface area contributed by atoms with E-state index in [1.165, 1.54) is 19.3 Å². The van der Waals surface area contributed by atoms with Crippen molar-refractivity contribution in [1.29, 1.82) is 0 Å². The number of hydrogen-bond donors (Lipinski definition) is 1. The smallest absolute Gasteiger partial charge is 0.0468 e. The molecule has 1 heterocycles. The van der Waals surface area contributed by atoms with Crippen LogP contribution >= 0.6 is 0 Å². The van der Waals surface area contributed by atoms with Crippen LogP contribution in [0.2, 0.25) is 0 Å². The molecule has 1 aliphatic rings. The first-order chi connectivity index (χ1) is 7.59.